The minimum Gasteiger partial charge on any atom is -0.397 e. The van der Waals surface area contributed by atoms with Crippen molar-refractivity contribution in [3.05, 3.63) is 59.9 Å². The molecule has 0 radical (unpaired) electrons. The van der Waals surface area contributed by atoms with Gasteiger partial charge in [-0.05, 0) is 30.5 Å². The number of nitrogens with zero attached hydrogens (tertiary/aromatic N) is 1. The third-order valence-corrected chi connectivity index (χ3v) is 2.82. The van der Waals surface area contributed by atoms with Crippen molar-refractivity contribution >= 4 is 11.6 Å². The number of benzene rings is 1. The predicted octanol–water partition coefficient (Wildman–Crippen LogP) is 2.03. The lowest BCUT2D eigenvalue weighted by atomic mass is 10.1. The van der Waals surface area contributed by atoms with Gasteiger partial charge in [-0.2, -0.15) is 0 Å². The van der Waals surface area contributed by atoms with Crippen molar-refractivity contribution in [1.29, 1.82) is 0 Å². The summed E-state index contributed by atoms with van der Waals surface area (Å²) in [7, 11) is 0. The first-order valence-corrected chi connectivity index (χ1v) is 6.30. The predicted molar refractivity (Wildman–Crippen MR) is 75.7 cm³/mol. The summed E-state index contributed by atoms with van der Waals surface area (Å²) >= 11 is 0. The Balaban J connectivity index is 1.77. The molecule has 0 aliphatic carbocycles. The van der Waals surface area contributed by atoms with Crippen LogP contribution in [0.1, 0.15) is 22.5 Å². The Morgan fingerprint density at radius 1 is 1.16 bits per heavy atom. The van der Waals surface area contributed by atoms with E-state index in [1.807, 2.05) is 18.2 Å². The molecule has 2 rings (SSSR count). The molecule has 4 heteroatoms. The van der Waals surface area contributed by atoms with Crippen LogP contribution < -0.4 is 11.1 Å². The molecule has 1 aromatic heterocycles. The Bertz CT molecular complexity index is 540. The van der Waals surface area contributed by atoms with E-state index in [9.17, 15) is 4.79 Å². The van der Waals surface area contributed by atoms with Crippen LogP contribution in [0, 0.1) is 0 Å². The normalized spacial score (nSPS) is 10.1. The smallest absolute Gasteiger partial charge is 0.272 e. The third kappa shape index (κ3) is 3.81. The number of rotatable bonds is 5. The molecule has 4 nitrogen and oxygen atoms in total. The quantitative estimate of drug-likeness (QED) is 0.803. The lowest BCUT2D eigenvalue weighted by Gasteiger charge is -2.06. The van der Waals surface area contributed by atoms with Gasteiger partial charge in [0.1, 0.15) is 0 Å². The number of nitrogen functional groups attached to an aromatic ring is 1. The lowest BCUT2D eigenvalue weighted by Crippen LogP contribution is -2.26. The SMILES string of the molecule is Nc1cccnc1C(=O)NCCCc1ccccc1. The molecule has 0 bridgehead atoms. The summed E-state index contributed by atoms with van der Waals surface area (Å²) in [5.41, 5.74) is 7.67. The summed E-state index contributed by atoms with van der Waals surface area (Å²) in [6, 6.07) is 13.6. The standard InChI is InChI=1S/C15H17N3O/c16-13-9-5-10-17-14(13)15(19)18-11-4-8-12-6-2-1-3-7-12/h1-3,5-7,9-10H,4,8,11,16H2,(H,18,19). The summed E-state index contributed by atoms with van der Waals surface area (Å²) in [6.07, 6.45) is 3.40. The number of aryl methyl sites for hydroxylation is 1. The molecule has 0 aliphatic rings. The minimum absolute atomic E-state index is 0.217. The topological polar surface area (TPSA) is 68.0 Å². The highest BCUT2D eigenvalue weighted by Gasteiger charge is 2.09. The van der Waals surface area contributed by atoms with Gasteiger partial charge in [0.2, 0.25) is 0 Å². The average Bonchev–Trinajstić information content (AvgIpc) is 2.45. The van der Waals surface area contributed by atoms with Crippen LogP contribution in [0.25, 0.3) is 0 Å². The van der Waals surface area contributed by atoms with Crippen molar-refractivity contribution in [2.45, 2.75) is 12.8 Å². The van der Waals surface area contributed by atoms with Gasteiger partial charge < -0.3 is 11.1 Å². The van der Waals surface area contributed by atoms with E-state index < -0.39 is 0 Å². The molecule has 2 aromatic rings. The van der Waals surface area contributed by atoms with E-state index in [-0.39, 0.29) is 5.91 Å². The van der Waals surface area contributed by atoms with E-state index in [0.717, 1.165) is 12.8 Å². The molecule has 19 heavy (non-hydrogen) atoms. The molecule has 3 N–H and O–H groups in total. The Hall–Kier alpha value is -2.36. The van der Waals surface area contributed by atoms with Crippen molar-refractivity contribution in [3.63, 3.8) is 0 Å². The summed E-state index contributed by atoms with van der Waals surface area (Å²) < 4.78 is 0. The van der Waals surface area contributed by atoms with Crippen molar-refractivity contribution in [1.82, 2.24) is 10.3 Å². The van der Waals surface area contributed by atoms with Crippen LogP contribution in [0.4, 0.5) is 5.69 Å². The maximum atomic E-state index is 11.8. The fraction of sp³-hybridized carbons (Fsp3) is 0.200. The van der Waals surface area contributed by atoms with E-state index in [0.29, 0.717) is 17.9 Å². The number of anilines is 1. The summed E-state index contributed by atoms with van der Waals surface area (Å²) in [5.74, 6) is -0.217. The Morgan fingerprint density at radius 2 is 1.95 bits per heavy atom. The van der Waals surface area contributed by atoms with E-state index in [1.165, 1.54) is 5.56 Å². The van der Waals surface area contributed by atoms with Gasteiger partial charge in [-0.1, -0.05) is 30.3 Å². The number of hydrogen-bond acceptors (Lipinski definition) is 3. The first-order chi connectivity index (χ1) is 9.27. The number of hydrogen-bond donors (Lipinski definition) is 2. The van der Waals surface area contributed by atoms with Crippen molar-refractivity contribution in [2.75, 3.05) is 12.3 Å². The molecule has 0 aliphatic heterocycles. The Morgan fingerprint density at radius 3 is 2.68 bits per heavy atom. The largest absolute Gasteiger partial charge is 0.397 e. The Kier molecular flexibility index (Phi) is 4.50. The highest BCUT2D eigenvalue weighted by molar-refractivity contribution is 5.96. The minimum atomic E-state index is -0.217. The van der Waals surface area contributed by atoms with Gasteiger partial charge >= 0.3 is 0 Å². The van der Waals surface area contributed by atoms with Crippen LogP contribution in [0.15, 0.2) is 48.7 Å². The molecular formula is C15H17N3O. The molecule has 0 saturated heterocycles. The number of amides is 1. The Labute approximate surface area is 112 Å². The summed E-state index contributed by atoms with van der Waals surface area (Å²) in [5, 5.41) is 2.83. The maximum Gasteiger partial charge on any atom is 0.272 e. The molecular weight excluding hydrogens is 238 g/mol. The van der Waals surface area contributed by atoms with Crippen LogP contribution in [-0.4, -0.2) is 17.4 Å². The van der Waals surface area contributed by atoms with Gasteiger partial charge in [0.05, 0.1) is 5.69 Å². The fourth-order valence-electron chi connectivity index (χ4n) is 1.83. The van der Waals surface area contributed by atoms with Gasteiger partial charge in [0, 0.05) is 12.7 Å². The van der Waals surface area contributed by atoms with Gasteiger partial charge in [-0.15, -0.1) is 0 Å². The second-order valence-electron chi connectivity index (χ2n) is 4.29. The average molecular weight is 255 g/mol. The van der Waals surface area contributed by atoms with Gasteiger partial charge in [-0.25, -0.2) is 4.98 Å². The second kappa shape index (κ2) is 6.54. The highest BCUT2D eigenvalue weighted by atomic mass is 16.1. The maximum absolute atomic E-state index is 11.8. The first-order valence-electron chi connectivity index (χ1n) is 6.30. The molecule has 0 atom stereocenters. The monoisotopic (exact) mass is 255 g/mol. The third-order valence-electron chi connectivity index (χ3n) is 2.82. The number of aromatic nitrogens is 1. The first kappa shape index (κ1) is 13.1. The number of pyridine rings is 1. The number of nitrogens with one attached hydrogen (secondary N) is 1. The van der Waals surface area contributed by atoms with Gasteiger partial charge in [-0.3, -0.25) is 4.79 Å². The molecule has 0 spiro atoms. The van der Waals surface area contributed by atoms with E-state index in [1.54, 1.807) is 18.3 Å². The molecule has 0 unspecified atom stereocenters. The van der Waals surface area contributed by atoms with Crippen molar-refractivity contribution < 1.29 is 4.79 Å². The van der Waals surface area contributed by atoms with E-state index in [4.69, 9.17) is 5.73 Å². The van der Waals surface area contributed by atoms with Gasteiger partial charge in [0.25, 0.3) is 5.91 Å². The lowest BCUT2D eigenvalue weighted by molar-refractivity contribution is 0.0949. The van der Waals surface area contributed by atoms with Crippen molar-refractivity contribution in [2.24, 2.45) is 0 Å². The van der Waals surface area contributed by atoms with Crippen LogP contribution in [0.3, 0.4) is 0 Å². The molecule has 0 fully saturated rings. The zero-order chi connectivity index (χ0) is 13.5. The summed E-state index contributed by atoms with van der Waals surface area (Å²) in [6.45, 7) is 0.615. The molecule has 98 valence electrons. The molecule has 1 aromatic carbocycles. The number of carbonyl (C=O) groups excluding carboxylic acids is 1. The number of carbonyl (C=O) groups is 1. The van der Waals surface area contributed by atoms with Crippen molar-refractivity contribution in [3.8, 4) is 0 Å². The molecule has 0 saturated carbocycles. The van der Waals surface area contributed by atoms with Crippen LogP contribution in [0.2, 0.25) is 0 Å². The highest BCUT2D eigenvalue weighted by Crippen LogP contribution is 2.06. The summed E-state index contributed by atoms with van der Waals surface area (Å²) in [4.78, 5) is 15.8. The van der Waals surface area contributed by atoms with Crippen LogP contribution in [0.5, 0.6) is 0 Å². The zero-order valence-corrected chi connectivity index (χ0v) is 10.7. The van der Waals surface area contributed by atoms with E-state index in [2.05, 4.69) is 22.4 Å². The van der Waals surface area contributed by atoms with E-state index >= 15 is 0 Å². The second-order valence-corrected chi connectivity index (χ2v) is 4.29. The molecule has 1 amide bonds. The van der Waals surface area contributed by atoms with Crippen LogP contribution in [-0.2, 0) is 6.42 Å². The number of nitrogens with two attached hydrogens (primary N) is 1. The van der Waals surface area contributed by atoms with Gasteiger partial charge in [0.15, 0.2) is 5.69 Å². The molecule has 1 heterocycles. The van der Waals surface area contributed by atoms with Crippen LogP contribution >= 0.6 is 0 Å². The fourth-order valence-corrected chi connectivity index (χ4v) is 1.83. The zero-order valence-electron chi connectivity index (χ0n) is 10.7.